The highest BCUT2D eigenvalue weighted by Gasteiger charge is 2.61. The fraction of sp³-hybridized carbons (Fsp3) is 0.320. The number of carbonyl (C=O) groups is 1. The highest BCUT2D eigenvalue weighted by Crippen LogP contribution is 2.58. The van der Waals surface area contributed by atoms with E-state index >= 15 is 0 Å². The van der Waals surface area contributed by atoms with Crippen LogP contribution in [0.3, 0.4) is 0 Å². The molecule has 0 amide bonds. The number of hydrogen-bond acceptors (Lipinski definition) is 5. The van der Waals surface area contributed by atoms with Crippen LogP contribution in [-0.2, 0) is 4.79 Å². The zero-order valence-electron chi connectivity index (χ0n) is 16.1. The van der Waals surface area contributed by atoms with Crippen molar-refractivity contribution < 1.29 is 24.5 Å². The van der Waals surface area contributed by atoms with E-state index < -0.39 is 18.0 Å². The summed E-state index contributed by atoms with van der Waals surface area (Å²) >= 11 is 0. The highest BCUT2D eigenvalue weighted by molar-refractivity contribution is 6.07. The number of hydrogen-bond donors (Lipinski definition) is 2. The van der Waals surface area contributed by atoms with Crippen molar-refractivity contribution in [2.75, 3.05) is 0 Å². The number of aliphatic hydroxyl groups is 2. The Hall–Kier alpha value is -2.89. The van der Waals surface area contributed by atoms with Crippen LogP contribution < -0.4 is 9.47 Å². The Labute approximate surface area is 172 Å². The fourth-order valence-electron chi connectivity index (χ4n) is 6.50. The maximum Gasteiger partial charge on any atom is 0.297 e. The summed E-state index contributed by atoms with van der Waals surface area (Å²) in [5.41, 5.74) is 0.593. The van der Waals surface area contributed by atoms with Crippen LogP contribution in [0.2, 0.25) is 0 Å². The Morgan fingerprint density at radius 1 is 0.900 bits per heavy atom. The van der Waals surface area contributed by atoms with E-state index in [1.54, 1.807) is 6.08 Å². The second kappa shape index (κ2) is 5.42. The van der Waals surface area contributed by atoms with E-state index in [1.807, 2.05) is 36.4 Å². The minimum Gasteiger partial charge on any atom is -0.444 e. The van der Waals surface area contributed by atoms with Gasteiger partial charge >= 0.3 is 0 Å². The highest BCUT2D eigenvalue weighted by atomic mass is 16.7. The average molecular weight is 400 g/mol. The summed E-state index contributed by atoms with van der Waals surface area (Å²) < 4.78 is 12.8. The second-order valence-corrected chi connectivity index (χ2v) is 9.00. The molecule has 5 aliphatic rings. The molecule has 6 atom stereocenters. The van der Waals surface area contributed by atoms with Crippen molar-refractivity contribution in [3.8, 4) is 11.5 Å². The molecule has 0 unspecified atom stereocenters. The molecule has 2 aromatic carbocycles. The van der Waals surface area contributed by atoms with Crippen molar-refractivity contribution in [3.63, 3.8) is 0 Å². The number of benzene rings is 2. The van der Waals surface area contributed by atoms with Crippen LogP contribution in [-0.4, -0.2) is 34.0 Å². The van der Waals surface area contributed by atoms with Gasteiger partial charge in [-0.05, 0) is 41.9 Å². The Kier molecular flexibility index (Phi) is 3.05. The molecule has 5 heteroatoms. The van der Waals surface area contributed by atoms with E-state index in [1.165, 1.54) is 6.08 Å². The van der Waals surface area contributed by atoms with Crippen LogP contribution in [0, 0.1) is 23.7 Å². The predicted molar refractivity (Wildman–Crippen MR) is 109 cm³/mol. The summed E-state index contributed by atoms with van der Waals surface area (Å²) in [6.07, 6.45) is 6.29. The van der Waals surface area contributed by atoms with Gasteiger partial charge < -0.3 is 19.7 Å². The molecule has 150 valence electrons. The normalized spacial score (nSPS) is 36.7. The van der Waals surface area contributed by atoms with Gasteiger partial charge in [-0.25, -0.2) is 0 Å². The van der Waals surface area contributed by atoms with Gasteiger partial charge in [0.1, 0.15) is 11.5 Å². The van der Waals surface area contributed by atoms with E-state index in [0.29, 0.717) is 17.1 Å². The molecular weight excluding hydrogens is 380 g/mol. The molecule has 0 aromatic heterocycles. The van der Waals surface area contributed by atoms with Crippen LogP contribution in [0.1, 0.15) is 6.42 Å². The molecule has 1 spiro atoms. The van der Waals surface area contributed by atoms with Crippen LogP contribution in [0.25, 0.3) is 10.8 Å². The molecular formula is C25H20O5. The molecule has 1 saturated carbocycles. The third-order valence-electron chi connectivity index (χ3n) is 7.64. The first-order valence-electron chi connectivity index (χ1n) is 10.5. The minimum atomic E-state index is -1.44. The zero-order valence-corrected chi connectivity index (χ0v) is 16.1. The number of aliphatic hydroxyl groups excluding tert-OH is 2. The second-order valence-electron chi connectivity index (χ2n) is 9.00. The van der Waals surface area contributed by atoms with E-state index in [9.17, 15) is 15.0 Å². The van der Waals surface area contributed by atoms with Crippen molar-refractivity contribution in [2.45, 2.75) is 24.4 Å². The largest absolute Gasteiger partial charge is 0.444 e. The van der Waals surface area contributed by atoms with E-state index in [2.05, 4.69) is 12.2 Å². The third kappa shape index (κ3) is 1.88. The Balaban J connectivity index is 1.44. The topological polar surface area (TPSA) is 76.0 Å². The molecule has 4 aliphatic carbocycles. The van der Waals surface area contributed by atoms with Crippen LogP contribution in [0.4, 0.5) is 0 Å². The first kappa shape index (κ1) is 16.9. The van der Waals surface area contributed by atoms with Gasteiger partial charge in [-0.2, -0.15) is 0 Å². The smallest absolute Gasteiger partial charge is 0.297 e. The van der Waals surface area contributed by atoms with Gasteiger partial charge in [-0.3, -0.25) is 4.79 Å². The molecule has 0 saturated heterocycles. The summed E-state index contributed by atoms with van der Waals surface area (Å²) in [4.78, 5) is 12.9. The van der Waals surface area contributed by atoms with E-state index in [-0.39, 0.29) is 35.0 Å². The third-order valence-corrected chi connectivity index (χ3v) is 7.64. The lowest BCUT2D eigenvalue weighted by atomic mass is 9.64. The summed E-state index contributed by atoms with van der Waals surface area (Å²) in [7, 11) is 0. The maximum absolute atomic E-state index is 12.9. The standard InChI is InChI=1S/C25H20O5/c26-15-9-10-25(29-16-5-1-3-12-4-2-6-17(30-25)18(12)16)22-21(15)23(27)19-13-7-8-14(11-13)20(19)24(22)28/h1-10,13-14,19-20,23-24,27-28H,11H2/t13-,14+,19-,20+,23-,24+/m1/s1. The lowest BCUT2D eigenvalue weighted by Crippen LogP contribution is -2.57. The van der Waals surface area contributed by atoms with Crippen molar-refractivity contribution in [2.24, 2.45) is 23.7 Å². The Morgan fingerprint density at radius 3 is 2.20 bits per heavy atom. The van der Waals surface area contributed by atoms with E-state index in [0.717, 1.165) is 17.2 Å². The van der Waals surface area contributed by atoms with Crippen molar-refractivity contribution in [3.05, 3.63) is 71.8 Å². The molecule has 0 radical (unpaired) electrons. The summed E-state index contributed by atoms with van der Waals surface area (Å²) in [5.74, 6) is -0.369. The maximum atomic E-state index is 12.9. The summed E-state index contributed by atoms with van der Waals surface area (Å²) in [5, 5.41) is 24.7. The quantitative estimate of drug-likeness (QED) is 0.665. The molecule has 7 rings (SSSR count). The number of fused-ring (bicyclic) bond motifs is 6. The van der Waals surface area contributed by atoms with E-state index in [4.69, 9.17) is 9.47 Å². The first-order chi connectivity index (χ1) is 14.6. The number of rotatable bonds is 0. The molecule has 1 fully saturated rings. The molecule has 2 bridgehead atoms. The van der Waals surface area contributed by atoms with Gasteiger partial charge in [0.25, 0.3) is 5.79 Å². The lowest BCUT2D eigenvalue weighted by Gasteiger charge is -2.48. The molecule has 2 N–H and O–H groups in total. The Bertz CT molecular complexity index is 1180. The monoisotopic (exact) mass is 400 g/mol. The molecule has 5 nitrogen and oxygen atoms in total. The van der Waals surface area contributed by atoms with Gasteiger partial charge in [0.15, 0.2) is 5.78 Å². The number of carbonyl (C=O) groups excluding carboxylic acids is 1. The molecule has 2 aromatic rings. The number of ether oxygens (including phenoxy) is 2. The van der Waals surface area contributed by atoms with Gasteiger partial charge in [-0.1, -0.05) is 36.4 Å². The van der Waals surface area contributed by atoms with Crippen LogP contribution >= 0.6 is 0 Å². The summed E-state index contributed by atoms with van der Waals surface area (Å²) in [6.45, 7) is 0. The van der Waals surface area contributed by atoms with Gasteiger partial charge in [0.05, 0.1) is 23.2 Å². The van der Waals surface area contributed by atoms with Crippen molar-refractivity contribution in [1.29, 1.82) is 0 Å². The van der Waals surface area contributed by atoms with Crippen LogP contribution in [0.15, 0.2) is 71.8 Å². The average Bonchev–Trinajstić information content (AvgIpc) is 3.36. The van der Waals surface area contributed by atoms with Gasteiger partial charge in [0.2, 0.25) is 0 Å². The van der Waals surface area contributed by atoms with Crippen LogP contribution in [0.5, 0.6) is 11.5 Å². The summed E-state index contributed by atoms with van der Waals surface area (Å²) in [6, 6.07) is 11.5. The van der Waals surface area contributed by atoms with Gasteiger partial charge in [-0.15, -0.1) is 0 Å². The first-order valence-corrected chi connectivity index (χ1v) is 10.5. The molecule has 1 aliphatic heterocycles. The van der Waals surface area contributed by atoms with Gasteiger partial charge in [0, 0.05) is 23.5 Å². The number of allylic oxidation sites excluding steroid dienone is 3. The number of ketones is 1. The SMILES string of the molecule is O=C1C=CC2(Oc3cccc4cccc(c34)O2)C2=C1[C@H](O)[C@H]1[C@@H]([C@@H]2O)[C@H]2C=C[C@@H]1C2. The fourth-order valence-corrected chi connectivity index (χ4v) is 6.50. The minimum absolute atomic E-state index is 0.148. The van der Waals surface area contributed by atoms with Crippen molar-refractivity contribution in [1.82, 2.24) is 0 Å². The zero-order chi connectivity index (χ0) is 20.2. The molecule has 30 heavy (non-hydrogen) atoms. The lowest BCUT2D eigenvalue weighted by molar-refractivity contribution is -0.119. The Morgan fingerprint density at radius 2 is 1.53 bits per heavy atom. The predicted octanol–water partition coefficient (Wildman–Crippen LogP) is 2.92. The molecule has 1 heterocycles. The van der Waals surface area contributed by atoms with Crippen molar-refractivity contribution >= 4 is 16.6 Å².